The Morgan fingerprint density at radius 1 is 1.08 bits per heavy atom. The number of nitrogens with zero attached hydrogens (tertiary/aromatic N) is 1. The number of carbonyl (C=O) groups excluding carboxylic acids is 1. The molecule has 120 valence electrons. The lowest BCUT2D eigenvalue weighted by atomic mass is 10.1. The molecule has 0 saturated heterocycles. The fourth-order valence-electron chi connectivity index (χ4n) is 2.13. The minimum atomic E-state index is -0.475. The minimum Gasteiger partial charge on any atom is -0.451 e. The van der Waals surface area contributed by atoms with Crippen LogP contribution in [-0.2, 0) is 0 Å². The van der Waals surface area contributed by atoms with Gasteiger partial charge in [-0.2, -0.15) is 0 Å². The van der Waals surface area contributed by atoms with E-state index in [0.29, 0.717) is 17.0 Å². The number of rotatable bonds is 4. The predicted molar refractivity (Wildman–Crippen MR) is 97.9 cm³/mol. The van der Waals surface area contributed by atoms with Gasteiger partial charge in [0.05, 0.1) is 10.6 Å². The lowest BCUT2D eigenvalue weighted by Gasteiger charge is -2.05. The van der Waals surface area contributed by atoms with Crippen molar-refractivity contribution in [3.8, 4) is 11.3 Å². The van der Waals surface area contributed by atoms with Gasteiger partial charge in [-0.3, -0.25) is 14.9 Å². The van der Waals surface area contributed by atoms with Gasteiger partial charge in [-0.1, -0.05) is 24.3 Å². The second-order valence-corrected chi connectivity index (χ2v) is 6.07. The molecule has 0 aliphatic rings. The van der Waals surface area contributed by atoms with E-state index in [9.17, 15) is 14.9 Å². The van der Waals surface area contributed by atoms with Crippen LogP contribution in [0.4, 0.5) is 11.4 Å². The number of nitro benzene ring substituents is 1. The lowest BCUT2D eigenvalue weighted by molar-refractivity contribution is -0.384. The Kier molecular flexibility index (Phi) is 4.61. The number of hydrogen-bond acceptors (Lipinski definition) is 4. The molecule has 0 aliphatic heterocycles. The molecule has 2 aromatic carbocycles. The summed E-state index contributed by atoms with van der Waals surface area (Å²) in [4.78, 5) is 22.6. The number of hydrogen-bond donors (Lipinski definition) is 1. The Hall–Kier alpha value is -2.68. The summed E-state index contributed by atoms with van der Waals surface area (Å²) < 4.78 is 6.45. The highest BCUT2D eigenvalue weighted by atomic mass is 127. The van der Waals surface area contributed by atoms with E-state index in [4.69, 9.17) is 4.42 Å². The standard InChI is InChI=1S/C17H11IN2O4/c18-13-6-1-2-7-14(13)19-17(21)16-9-8-15(24-16)11-4-3-5-12(10-11)20(22)23/h1-10H,(H,19,21). The highest BCUT2D eigenvalue weighted by molar-refractivity contribution is 14.1. The Morgan fingerprint density at radius 2 is 1.88 bits per heavy atom. The van der Waals surface area contributed by atoms with Crippen LogP contribution in [0.1, 0.15) is 10.6 Å². The summed E-state index contributed by atoms with van der Waals surface area (Å²) in [6.07, 6.45) is 0. The zero-order chi connectivity index (χ0) is 17.1. The second kappa shape index (κ2) is 6.83. The van der Waals surface area contributed by atoms with Crippen molar-refractivity contribution in [1.82, 2.24) is 0 Å². The number of carbonyl (C=O) groups is 1. The highest BCUT2D eigenvalue weighted by Crippen LogP contribution is 2.26. The van der Waals surface area contributed by atoms with Crippen molar-refractivity contribution in [1.29, 1.82) is 0 Å². The zero-order valence-electron chi connectivity index (χ0n) is 12.2. The number of furan rings is 1. The lowest BCUT2D eigenvalue weighted by Crippen LogP contribution is -2.11. The number of halogens is 1. The molecule has 0 fully saturated rings. The van der Waals surface area contributed by atoms with Crippen molar-refractivity contribution in [2.75, 3.05) is 5.32 Å². The van der Waals surface area contributed by atoms with Gasteiger partial charge in [-0.15, -0.1) is 0 Å². The molecule has 3 rings (SSSR count). The minimum absolute atomic E-state index is 0.0336. The van der Waals surface area contributed by atoms with Gasteiger partial charge >= 0.3 is 0 Å². The maximum atomic E-state index is 12.3. The van der Waals surface area contributed by atoms with E-state index in [1.807, 2.05) is 18.2 Å². The quantitative estimate of drug-likeness (QED) is 0.366. The predicted octanol–water partition coefficient (Wildman–Crippen LogP) is 4.71. The van der Waals surface area contributed by atoms with Gasteiger partial charge in [0.1, 0.15) is 5.76 Å². The SMILES string of the molecule is O=C(Nc1ccccc1I)c1ccc(-c2cccc([N+](=O)[O-])c2)o1. The fourth-order valence-corrected chi connectivity index (χ4v) is 2.66. The molecular formula is C17H11IN2O4. The molecule has 0 radical (unpaired) electrons. The van der Waals surface area contributed by atoms with E-state index in [2.05, 4.69) is 27.9 Å². The first-order chi connectivity index (χ1) is 11.5. The van der Waals surface area contributed by atoms with Gasteiger partial charge in [0.15, 0.2) is 5.76 Å². The maximum Gasteiger partial charge on any atom is 0.291 e. The maximum absolute atomic E-state index is 12.3. The number of non-ortho nitro benzene ring substituents is 1. The van der Waals surface area contributed by atoms with Gasteiger partial charge in [-0.25, -0.2) is 0 Å². The van der Waals surface area contributed by atoms with Crippen LogP contribution in [0.5, 0.6) is 0 Å². The first kappa shape index (κ1) is 16.2. The van der Waals surface area contributed by atoms with Crippen LogP contribution >= 0.6 is 22.6 Å². The fraction of sp³-hybridized carbons (Fsp3) is 0. The third kappa shape index (κ3) is 3.46. The zero-order valence-corrected chi connectivity index (χ0v) is 14.4. The molecule has 1 heterocycles. The number of amides is 1. The third-order valence-electron chi connectivity index (χ3n) is 3.29. The highest BCUT2D eigenvalue weighted by Gasteiger charge is 2.15. The first-order valence-corrected chi connectivity index (χ1v) is 8.03. The smallest absolute Gasteiger partial charge is 0.291 e. The summed E-state index contributed by atoms with van der Waals surface area (Å²) in [7, 11) is 0. The van der Waals surface area contributed by atoms with Crippen LogP contribution in [-0.4, -0.2) is 10.8 Å². The van der Waals surface area contributed by atoms with Gasteiger partial charge in [0.25, 0.3) is 11.6 Å². The number of nitro groups is 1. The molecular weight excluding hydrogens is 423 g/mol. The van der Waals surface area contributed by atoms with Crippen LogP contribution in [0.25, 0.3) is 11.3 Å². The molecule has 0 aliphatic carbocycles. The largest absolute Gasteiger partial charge is 0.451 e. The van der Waals surface area contributed by atoms with Crippen molar-refractivity contribution in [3.05, 3.63) is 80.1 Å². The van der Waals surface area contributed by atoms with Crippen molar-refractivity contribution in [2.45, 2.75) is 0 Å². The van der Waals surface area contributed by atoms with Gasteiger partial charge in [0, 0.05) is 21.3 Å². The van der Waals surface area contributed by atoms with E-state index in [0.717, 1.165) is 3.57 Å². The van der Waals surface area contributed by atoms with E-state index in [1.54, 1.807) is 30.3 Å². The Balaban J connectivity index is 1.83. The van der Waals surface area contributed by atoms with E-state index < -0.39 is 4.92 Å². The molecule has 24 heavy (non-hydrogen) atoms. The number of anilines is 1. The van der Waals surface area contributed by atoms with Gasteiger partial charge in [-0.05, 0) is 46.9 Å². The molecule has 6 nitrogen and oxygen atoms in total. The van der Waals surface area contributed by atoms with Crippen molar-refractivity contribution in [2.24, 2.45) is 0 Å². The summed E-state index contributed by atoms with van der Waals surface area (Å²) in [5.41, 5.74) is 1.20. The van der Waals surface area contributed by atoms with E-state index in [-0.39, 0.29) is 17.4 Å². The third-order valence-corrected chi connectivity index (χ3v) is 4.23. The second-order valence-electron chi connectivity index (χ2n) is 4.91. The van der Waals surface area contributed by atoms with Crippen LogP contribution in [0, 0.1) is 13.7 Å². The molecule has 0 saturated carbocycles. The Morgan fingerprint density at radius 3 is 2.62 bits per heavy atom. The van der Waals surface area contributed by atoms with E-state index in [1.165, 1.54) is 12.1 Å². The summed E-state index contributed by atoms with van der Waals surface area (Å²) in [5, 5.41) is 13.6. The molecule has 0 bridgehead atoms. The number of benzene rings is 2. The van der Waals surface area contributed by atoms with Crippen molar-refractivity contribution >= 4 is 39.9 Å². The number of nitrogens with one attached hydrogen (secondary N) is 1. The molecule has 0 unspecified atom stereocenters. The molecule has 1 amide bonds. The number of para-hydroxylation sites is 1. The van der Waals surface area contributed by atoms with Crippen LogP contribution < -0.4 is 5.32 Å². The topological polar surface area (TPSA) is 85.4 Å². The normalized spacial score (nSPS) is 10.4. The molecule has 1 aromatic heterocycles. The van der Waals surface area contributed by atoms with E-state index >= 15 is 0 Å². The monoisotopic (exact) mass is 434 g/mol. The molecule has 1 N–H and O–H groups in total. The molecule has 0 spiro atoms. The molecule has 7 heteroatoms. The Bertz CT molecular complexity index is 920. The van der Waals surface area contributed by atoms with Crippen LogP contribution in [0.15, 0.2) is 65.1 Å². The van der Waals surface area contributed by atoms with Gasteiger partial charge < -0.3 is 9.73 Å². The van der Waals surface area contributed by atoms with Crippen LogP contribution in [0.3, 0.4) is 0 Å². The van der Waals surface area contributed by atoms with Crippen LogP contribution in [0.2, 0.25) is 0 Å². The average molecular weight is 434 g/mol. The Labute approximate surface area is 150 Å². The van der Waals surface area contributed by atoms with Crippen molar-refractivity contribution in [3.63, 3.8) is 0 Å². The summed E-state index contributed by atoms with van der Waals surface area (Å²) in [6, 6.07) is 16.6. The summed E-state index contributed by atoms with van der Waals surface area (Å²) in [6.45, 7) is 0. The average Bonchev–Trinajstić information content (AvgIpc) is 3.07. The first-order valence-electron chi connectivity index (χ1n) is 6.95. The van der Waals surface area contributed by atoms with Crippen molar-refractivity contribution < 1.29 is 14.1 Å². The molecule has 3 aromatic rings. The molecule has 0 atom stereocenters. The summed E-state index contributed by atoms with van der Waals surface area (Å²) >= 11 is 2.13. The van der Waals surface area contributed by atoms with Gasteiger partial charge in [0.2, 0.25) is 0 Å². The summed E-state index contributed by atoms with van der Waals surface area (Å²) in [5.74, 6) is 0.151.